The fourth-order valence-corrected chi connectivity index (χ4v) is 2.37. The molecule has 1 aromatic carbocycles. The fraction of sp³-hybridized carbons (Fsp3) is 0.333. The highest BCUT2D eigenvalue weighted by Crippen LogP contribution is 2.25. The highest BCUT2D eigenvalue weighted by atomic mass is 79.9. The first-order valence-corrected chi connectivity index (χ1v) is 7.00. The Balaban J connectivity index is 2.52. The maximum absolute atomic E-state index is 4.65. The third-order valence-corrected chi connectivity index (χ3v) is 3.29. The van der Waals surface area contributed by atoms with Crippen LogP contribution in [0.4, 0.5) is 0 Å². The highest BCUT2D eigenvalue weighted by molar-refractivity contribution is 9.10. The van der Waals surface area contributed by atoms with Gasteiger partial charge in [0.1, 0.15) is 10.4 Å². The molecule has 2 rings (SSSR count). The largest absolute Gasteiger partial charge is 0.233 e. The number of halogens is 1. The third-order valence-electron chi connectivity index (χ3n) is 2.88. The monoisotopic (exact) mass is 304 g/mol. The number of aromatic nitrogens is 2. The van der Waals surface area contributed by atoms with E-state index in [4.69, 9.17) is 0 Å². The maximum Gasteiger partial charge on any atom is 0.130 e. The fourth-order valence-electron chi connectivity index (χ4n) is 1.95. The van der Waals surface area contributed by atoms with Crippen molar-refractivity contribution in [3.05, 3.63) is 45.8 Å². The van der Waals surface area contributed by atoms with E-state index in [1.165, 1.54) is 16.7 Å². The summed E-state index contributed by atoms with van der Waals surface area (Å²) >= 11 is 3.47. The first-order valence-electron chi connectivity index (χ1n) is 6.21. The van der Waals surface area contributed by atoms with E-state index in [0.29, 0.717) is 0 Å². The van der Waals surface area contributed by atoms with E-state index in [1.54, 1.807) is 0 Å². The van der Waals surface area contributed by atoms with Gasteiger partial charge in [-0.3, -0.25) is 0 Å². The second-order valence-electron chi connectivity index (χ2n) is 4.56. The topological polar surface area (TPSA) is 25.8 Å². The second kappa shape index (κ2) is 5.61. The molecule has 1 heterocycles. The van der Waals surface area contributed by atoms with Crippen LogP contribution in [0.1, 0.15) is 30.3 Å². The summed E-state index contributed by atoms with van der Waals surface area (Å²) in [5, 5.41) is 0. The number of aryl methyl sites for hydroxylation is 3. The maximum atomic E-state index is 4.65. The van der Waals surface area contributed by atoms with Gasteiger partial charge < -0.3 is 0 Å². The Bertz CT molecular complexity index is 564. The van der Waals surface area contributed by atoms with Gasteiger partial charge in [0.05, 0.1) is 5.69 Å². The lowest BCUT2D eigenvalue weighted by Gasteiger charge is -2.08. The minimum atomic E-state index is 0.858. The molecule has 0 amide bonds. The van der Waals surface area contributed by atoms with Crippen molar-refractivity contribution in [1.29, 1.82) is 0 Å². The molecule has 2 aromatic rings. The number of benzene rings is 1. The van der Waals surface area contributed by atoms with E-state index in [-0.39, 0.29) is 0 Å². The summed E-state index contributed by atoms with van der Waals surface area (Å²) < 4.78 is 0.858. The van der Waals surface area contributed by atoms with Gasteiger partial charge in [0.15, 0.2) is 0 Å². The molecule has 2 nitrogen and oxygen atoms in total. The van der Waals surface area contributed by atoms with Crippen LogP contribution in [0.2, 0.25) is 0 Å². The van der Waals surface area contributed by atoms with Crippen LogP contribution >= 0.6 is 15.9 Å². The van der Waals surface area contributed by atoms with Gasteiger partial charge in [-0.15, -0.1) is 0 Å². The molecule has 0 saturated carbocycles. The van der Waals surface area contributed by atoms with Gasteiger partial charge in [0.2, 0.25) is 0 Å². The number of rotatable bonds is 3. The van der Waals surface area contributed by atoms with Gasteiger partial charge in [-0.25, -0.2) is 9.97 Å². The summed E-state index contributed by atoms with van der Waals surface area (Å²) in [4.78, 5) is 9.06. The van der Waals surface area contributed by atoms with Gasteiger partial charge in [0.25, 0.3) is 0 Å². The molecular formula is C15H17BrN2. The smallest absolute Gasteiger partial charge is 0.130 e. The molecule has 0 fully saturated rings. The van der Waals surface area contributed by atoms with E-state index in [9.17, 15) is 0 Å². The second-order valence-corrected chi connectivity index (χ2v) is 5.37. The van der Waals surface area contributed by atoms with Gasteiger partial charge in [-0.05, 0) is 53.9 Å². The summed E-state index contributed by atoms with van der Waals surface area (Å²) in [7, 11) is 0. The van der Waals surface area contributed by atoms with Crippen LogP contribution in [0.15, 0.2) is 28.9 Å². The van der Waals surface area contributed by atoms with Crippen LogP contribution in [0.25, 0.3) is 11.3 Å². The Morgan fingerprint density at radius 1 is 1.11 bits per heavy atom. The summed E-state index contributed by atoms with van der Waals surface area (Å²) in [6, 6.07) is 8.43. The summed E-state index contributed by atoms with van der Waals surface area (Å²) in [6.45, 7) is 6.36. The zero-order chi connectivity index (χ0) is 13.1. The average Bonchev–Trinajstić information content (AvgIpc) is 2.32. The van der Waals surface area contributed by atoms with Crippen molar-refractivity contribution in [3.63, 3.8) is 0 Å². The minimum Gasteiger partial charge on any atom is -0.233 e. The van der Waals surface area contributed by atoms with Crippen LogP contribution in [0.5, 0.6) is 0 Å². The van der Waals surface area contributed by atoms with Crippen molar-refractivity contribution < 1.29 is 0 Å². The first kappa shape index (κ1) is 13.2. The van der Waals surface area contributed by atoms with Crippen molar-refractivity contribution in [2.75, 3.05) is 0 Å². The number of hydrogen-bond donors (Lipinski definition) is 0. The molecule has 0 atom stereocenters. The van der Waals surface area contributed by atoms with Crippen LogP contribution in [-0.2, 0) is 6.42 Å². The molecular weight excluding hydrogens is 288 g/mol. The predicted molar refractivity (Wildman–Crippen MR) is 78.6 cm³/mol. The van der Waals surface area contributed by atoms with E-state index in [2.05, 4.69) is 64.9 Å². The normalized spacial score (nSPS) is 10.7. The molecule has 3 heteroatoms. The molecule has 18 heavy (non-hydrogen) atoms. The van der Waals surface area contributed by atoms with Crippen molar-refractivity contribution in [2.45, 2.75) is 33.6 Å². The molecule has 0 saturated heterocycles. The van der Waals surface area contributed by atoms with Gasteiger partial charge in [0, 0.05) is 12.0 Å². The Morgan fingerprint density at radius 2 is 1.89 bits per heavy atom. The standard InChI is InChI=1S/C15H17BrN2/c1-4-5-15-17-13(9-14(16)18-15)12-8-10(2)6-7-11(12)3/h6-9H,4-5H2,1-3H3. The van der Waals surface area contributed by atoms with Crippen LogP contribution in [0, 0.1) is 13.8 Å². The quantitative estimate of drug-likeness (QED) is 0.782. The summed E-state index contributed by atoms with van der Waals surface area (Å²) in [6.07, 6.45) is 1.97. The van der Waals surface area contributed by atoms with Gasteiger partial charge in [-0.1, -0.05) is 24.6 Å². The van der Waals surface area contributed by atoms with Gasteiger partial charge in [-0.2, -0.15) is 0 Å². The molecule has 0 aliphatic heterocycles. The molecule has 0 radical (unpaired) electrons. The Hall–Kier alpha value is -1.22. The first-order chi connectivity index (χ1) is 8.60. The zero-order valence-electron chi connectivity index (χ0n) is 11.0. The SMILES string of the molecule is CCCc1nc(Br)cc(-c2cc(C)ccc2C)n1. The van der Waals surface area contributed by atoms with Crippen LogP contribution in [0.3, 0.4) is 0 Å². The third kappa shape index (κ3) is 2.96. The van der Waals surface area contributed by atoms with E-state index in [1.807, 2.05) is 6.07 Å². The molecule has 94 valence electrons. The van der Waals surface area contributed by atoms with Crippen LogP contribution in [-0.4, -0.2) is 9.97 Å². The molecule has 0 bridgehead atoms. The lowest BCUT2D eigenvalue weighted by atomic mass is 10.0. The lowest BCUT2D eigenvalue weighted by molar-refractivity contribution is 0.831. The molecule has 0 N–H and O–H groups in total. The van der Waals surface area contributed by atoms with Crippen molar-refractivity contribution >= 4 is 15.9 Å². The van der Waals surface area contributed by atoms with Crippen molar-refractivity contribution in [2.24, 2.45) is 0 Å². The minimum absolute atomic E-state index is 0.858. The Morgan fingerprint density at radius 3 is 2.61 bits per heavy atom. The number of hydrogen-bond acceptors (Lipinski definition) is 2. The Kier molecular flexibility index (Phi) is 4.12. The van der Waals surface area contributed by atoms with Crippen molar-refractivity contribution in [1.82, 2.24) is 9.97 Å². The number of nitrogens with zero attached hydrogens (tertiary/aromatic N) is 2. The molecule has 1 aromatic heterocycles. The average molecular weight is 305 g/mol. The van der Waals surface area contributed by atoms with Crippen LogP contribution < -0.4 is 0 Å². The predicted octanol–water partition coefficient (Wildman–Crippen LogP) is 4.48. The van der Waals surface area contributed by atoms with E-state index >= 15 is 0 Å². The molecule has 0 spiro atoms. The Labute approximate surface area is 117 Å². The summed E-state index contributed by atoms with van der Waals surface area (Å²) in [5.41, 5.74) is 4.69. The molecule has 0 aliphatic rings. The summed E-state index contributed by atoms with van der Waals surface area (Å²) in [5.74, 6) is 0.905. The van der Waals surface area contributed by atoms with E-state index < -0.39 is 0 Å². The van der Waals surface area contributed by atoms with E-state index in [0.717, 1.165) is 29.0 Å². The zero-order valence-corrected chi connectivity index (χ0v) is 12.6. The lowest BCUT2D eigenvalue weighted by Crippen LogP contribution is -1.98. The highest BCUT2D eigenvalue weighted by Gasteiger charge is 2.07. The van der Waals surface area contributed by atoms with Gasteiger partial charge >= 0.3 is 0 Å². The molecule has 0 unspecified atom stereocenters. The van der Waals surface area contributed by atoms with Crippen molar-refractivity contribution in [3.8, 4) is 11.3 Å². The molecule has 0 aliphatic carbocycles.